The van der Waals surface area contributed by atoms with Crippen molar-refractivity contribution in [2.24, 2.45) is 0 Å². The zero-order valence-corrected chi connectivity index (χ0v) is 16.7. The fraction of sp³-hybridized carbons (Fsp3) is 0.333. The Balaban J connectivity index is 1.63. The number of carbonyl (C=O) groups excluding carboxylic acids is 2. The Bertz CT molecular complexity index is 824. The van der Waals surface area contributed by atoms with Crippen LogP contribution in [0.15, 0.2) is 42.5 Å². The van der Waals surface area contributed by atoms with Gasteiger partial charge in [0, 0.05) is 31.2 Å². The van der Waals surface area contributed by atoms with Crippen molar-refractivity contribution in [3.8, 4) is 11.5 Å². The van der Waals surface area contributed by atoms with Crippen LogP contribution in [0.4, 0.5) is 0 Å². The van der Waals surface area contributed by atoms with Gasteiger partial charge in [0.15, 0.2) is 0 Å². The van der Waals surface area contributed by atoms with Gasteiger partial charge in [0.05, 0.1) is 20.6 Å². The van der Waals surface area contributed by atoms with Gasteiger partial charge in [-0.15, -0.1) is 0 Å². The minimum Gasteiger partial charge on any atom is -0.496 e. The zero-order valence-electron chi connectivity index (χ0n) is 16.0. The molecule has 2 amide bonds. The van der Waals surface area contributed by atoms with E-state index in [0.29, 0.717) is 54.7 Å². The van der Waals surface area contributed by atoms with Gasteiger partial charge in [-0.05, 0) is 29.8 Å². The third-order valence-corrected chi connectivity index (χ3v) is 5.08. The first kappa shape index (κ1) is 20.0. The number of rotatable bonds is 5. The van der Waals surface area contributed by atoms with Gasteiger partial charge in [0.1, 0.15) is 17.1 Å². The summed E-state index contributed by atoms with van der Waals surface area (Å²) in [7, 11) is 3.05. The molecule has 1 aliphatic heterocycles. The van der Waals surface area contributed by atoms with Crippen LogP contribution in [-0.2, 0) is 11.2 Å². The molecule has 3 rings (SSSR count). The first-order valence-electron chi connectivity index (χ1n) is 9.06. The van der Waals surface area contributed by atoms with Gasteiger partial charge in [-0.1, -0.05) is 29.8 Å². The average molecular weight is 403 g/mol. The predicted molar refractivity (Wildman–Crippen MR) is 107 cm³/mol. The maximum atomic E-state index is 13.0. The normalized spacial score (nSPS) is 14.0. The van der Waals surface area contributed by atoms with E-state index in [4.69, 9.17) is 21.1 Å². The molecule has 0 radical (unpaired) electrons. The molecule has 0 aromatic heterocycles. The minimum atomic E-state index is -0.154. The van der Waals surface area contributed by atoms with E-state index in [2.05, 4.69) is 0 Å². The monoisotopic (exact) mass is 402 g/mol. The Hall–Kier alpha value is -2.73. The molecule has 0 spiro atoms. The van der Waals surface area contributed by atoms with Gasteiger partial charge in [-0.2, -0.15) is 0 Å². The van der Waals surface area contributed by atoms with Crippen LogP contribution in [0, 0.1) is 0 Å². The summed E-state index contributed by atoms with van der Waals surface area (Å²) in [5, 5.41) is 0.648. The number of hydrogen-bond acceptors (Lipinski definition) is 4. The van der Waals surface area contributed by atoms with E-state index in [9.17, 15) is 9.59 Å². The summed E-state index contributed by atoms with van der Waals surface area (Å²) in [6.45, 7) is 1.92. The Morgan fingerprint density at radius 1 is 0.893 bits per heavy atom. The molecule has 7 heteroatoms. The summed E-state index contributed by atoms with van der Waals surface area (Å²) in [6, 6.07) is 12.5. The van der Waals surface area contributed by atoms with Crippen molar-refractivity contribution in [2.45, 2.75) is 6.42 Å². The first-order valence-corrected chi connectivity index (χ1v) is 9.43. The molecular weight excluding hydrogens is 380 g/mol. The summed E-state index contributed by atoms with van der Waals surface area (Å²) in [4.78, 5) is 29.1. The second-order valence-electron chi connectivity index (χ2n) is 6.51. The van der Waals surface area contributed by atoms with E-state index >= 15 is 0 Å². The molecule has 1 heterocycles. The molecule has 0 saturated carbocycles. The van der Waals surface area contributed by atoms with Crippen molar-refractivity contribution >= 4 is 23.4 Å². The van der Waals surface area contributed by atoms with E-state index in [1.165, 1.54) is 14.2 Å². The second kappa shape index (κ2) is 8.97. The minimum absolute atomic E-state index is 0.0456. The number of nitrogens with zero attached hydrogens (tertiary/aromatic N) is 2. The largest absolute Gasteiger partial charge is 0.496 e. The average Bonchev–Trinajstić information content (AvgIpc) is 2.74. The smallest absolute Gasteiger partial charge is 0.261 e. The number of halogens is 1. The number of hydrogen-bond donors (Lipinski definition) is 0. The van der Waals surface area contributed by atoms with E-state index in [-0.39, 0.29) is 11.8 Å². The number of ether oxygens (including phenoxy) is 2. The molecule has 1 fully saturated rings. The van der Waals surface area contributed by atoms with E-state index < -0.39 is 0 Å². The second-order valence-corrected chi connectivity index (χ2v) is 6.95. The molecule has 0 N–H and O–H groups in total. The quantitative estimate of drug-likeness (QED) is 0.771. The molecule has 1 aliphatic rings. The Morgan fingerprint density at radius 3 is 1.96 bits per heavy atom. The third-order valence-electron chi connectivity index (χ3n) is 4.83. The summed E-state index contributed by atoms with van der Waals surface area (Å²) in [5.41, 5.74) is 1.33. The lowest BCUT2D eigenvalue weighted by molar-refractivity contribution is -0.131. The highest BCUT2D eigenvalue weighted by molar-refractivity contribution is 6.30. The van der Waals surface area contributed by atoms with E-state index in [1.807, 2.05) is 12.1 Å². The van der Waals surface area contributed by atoms with Crippen molar-refractivity contribution in [1.82, 2.24) is 9.80 Å². The summed E-state index contributed by atoms with van der Waals surface area (Å²) >= 11 is 5.89. The molecule has 0 aliphatic carbocycles. The van der Waals surface area contributed by atoms with Gasteiger partial charge in [-0.3, -0.25) is 9.59 Å². The lowest BCUT2D eigenvalue weighted by Crippen LogP contribution is -2.51. The maximum absolute atomic E-state index is 13.0. The van der Waals surface area contributed by atoms with E-state index in [1.54, 1.807) is 40.1 Å². The summed E-state index contributed by atoms with van der Waals surface area (Å²) in [5.74, 6) is 0.847. The number of piperazine rings is 1. The van der Waals surface area contributed by atoms with Crippen LogP contribution < -0.4 is 9.47 Å². The van der Waals surface area contributed by atoms with Gasteiger partial charge >= 0.3 is 0 Å². The van der Waals surface area contributed by atoms with Gasteiger partial charge in [0.2, 0.25) is 5.91 Å². The van der Waals surface area contributed by atoms with E-state index in [0.717, 1.165) is 5.56 Å². The van der Waals surface area contributed by atoms with Crippen molar-refractivity contribution in [3.05, 3.63) is 58.6 Å². The molecule has 1 saturated heterocycles. The Morgan fingerprint density at radius 2 is 1.43 bits per heavy atom. The van der Waals surface area contributed by atoms with Crippen LogP contribution in [0.2, 0.25) is 5.02 Å². The SMILES string of the molecule is COc1cccc(OC)c1C(=O)N1CCN(C(=O)Cc2ccc(Cl)cc2)CC1. The van der Waals surface area contributed by atoms with Crippen LogP contribution in [0.3, 0.4) is 0 Å². The topological polar surface area (TPSA) is 59.1 Å². The highest BCUT2D eigenvalue weighted by atomic mass is 35.5. The van der Waals surface area contributed by atoms with Gasteiger partial charge < -0.3 is 19.3 Å². The van der Waals surface area contributed by atoms with Crippen LogP contribution in [0.1, 0.15) is 15.9 Å². The number of methoxy groups -OCH3 is 2. The number of benzene rings is 2. The molecule has 148 valence electrons. The van der Waals surface area contributed by atoms with Gasteiger partial charge in [-0.25, -0.2) is 0 Å². The van der Waals surface area contributed by atoms with Crippen LogP contribution in [-0.4, -0.2) is 62.0 Å². The molecule has 2 aromatic carbocycles. The van der Waals surface area contributed by atoms with Gasteiger partial charge in [0.25, 0.3) is 5.91 Å². The molecule has 28 heavy (non-hydrogen) atoms. The standard InChI is InChI=1S/C21H23ClN2O4/c1-27-17-4-3-5-18(28-2)20(17)21(26)24-12-10-23(11-13-24)19(25)14-15-6-8-16(22)9-7-15/h3-9H,10-14H2,1-2H3. The van der Waals surface area contributed by atoms with Crippen molar-refractivity contribution in [1.29, 1.82) is 0 Å². The highest BCUT2D eigenvalue weighted by Crippen LogP contribution is 2.29. The molecule has 2 aromatic rings. The molecule has 0 unspecified atom stereocenters. The first-order chi connectivity index (χ1) is 13.5. The Kier molecular flexibility index (Phi) is 6.41. The maximum Gasteiger partial charge on any atom is 0.261 e. The van der Waals surface area contributed by atoms with Crippen molar-refractivity contribution < 1.29 is 19.1 Å². The fourth-order valence-electron chi connectivity index (χ4n) is 3.27. The summed E-state index contributed by atoms with van der Waals surface area (Å²) in [6.07, 6.45) is 0.325. The predicted octanol–water partition coefficient (Wildman–Crippen LogP) is 2.88. The fourth-order valence-corrected chi connectivity index (χ4v) is 3.39. The molecule has 0 bridgehead atoms. The Labute approximate surface area is 169 Å². The lowest BCUT2D eigenvalue weighted by atomic mass is 10.1. The van der Waals surface area contributed by atoms with Crippen LogP contribution in [0.5, 0.6) is 11.5 Å². The third kappa shape index (κ3) is 4.39. The lowest BCUT2D eigenvalue weighted by Gasteiger charge is -2.35. The zero-order chi connectivity index (χ0) is 20.1. The highest BCUT2D eigenvalue weighted by Gasteiger charge is 2.28. The number of amides is 2. The molecule has 0 atom stereocenters. The van der Waals surface area contributed by atoms with Crippen LogP contribution >= 0.6 is 11.6 Å². The molecular formula is C21H23ClN2O4. The summed E-state index contributed by atoms with van der Waals surface area (Å²) < 4.78 is 10.7. The van der Waals surface area contributed by atoms with Crippen molar-refractivity contribution in [2.75, 3.05) is 40.4 Å². The number of carbonyl (C=O) groups is 2. The van der Waals surface area contributed by atoms with Crippen molar-refractivity contribution in [3.63, 3.8) is 0 Å². The van der Waals surface area contributed by atoms with Crippen LogP contribution in [0.25, 0.3) is 0 Å². The molecule has 6 nitrogen and oxygen atoms in total.